The first kappa shape index (κ1) is 3.96. The lowest BCUT2D eigenvalue weighted by atomic mass is 10.3. The molecule has 0 unspecified atom stereocenters. The van der Waals surface area contributed by atoms with Gasteiger partial charge in [0.25, 0.3) is 0 Å². The average molecular weight is 108 g/mol. The third-order valence-corrected chi connectivity index (χ3v) is 1.01. The minimum atomic E-state index is 0.914. The number of hydrogen-bond acceptors (Lipinski definition) is 1. The van der Waals surface area contributed by atoms with E-state index in [9.17, 15) is 0 Å². The molecule has 0 saturated carbocycles. The first-order valence-electron chi connectivity index (χ1n) is 3.03. The zero-order chi connectivity index (χ0) is 6.69. The van der Waals surface area contributed by atoms with Crippen molar-refractivity contribution in [1.82, 2.24) is 0 Å². The predicted octanol–water partition coefficient (Wildman–Crippen LogP) is 1.73. The summed E-state index contributed by atoms with van der Waals surface area (Å²) in [6.07, 6.45) is 0. The Labute approximate surface area is 50.8 Å². The fourth-order valence-corrected chi connectivity index (χ4v) is 0.577. The summed E-state index contributed by atoms with van der Waals surface area (Å²) in [7, 11) is 1.70. The van der Waals surface area contributed by atoms with Crippen molar-refractivity contribution in [2.24, 2.45) is 0 Å². The maximum absolute atomic E-state index is 7.15. The van der Waals surface area contributed by atoms with Crippen molar-refractivity contribution in [1.29, 1.82) is 0 Å². The lowest BCUT2D eigenvalue weighted by Crippen LogP contribution is -1.84. The Bertz CT molecular complexity index is 172. The van der Waals surface area contributed by atoms with Crippen molar-refractivity contribution in [2.45, 2.75) is 0 Å². The molecule has 0 bridgehead atoms. The van der Waals surface area contributed by atoms with E-state index in [4.69, 9.17) is 1.41 Å². The van der Waals surface area contributed by atoms with Crippen LogP contribution in [-0.2, 0) is 0 Å². The maximum Gasteiger partial charge on any atom is 0.160 e. The second-order valence-electron chi connectivity index (χ2n) is 1.56. The molecule has 8 heavy (non-hydrogen) atoms. The molecule has 0 aliphatic rings. The highest BCUT2D eigenvalue weighted by Gasteiger charge is 1.77. The highest BCUT2D eigenvalue weighted by atomic mass is 14.8. The summed E-state index contributed by atoms with van der Waals surface area (Å²) in [6.45, 7) is 0. The second kappa shape index (κ2) is 2.36. The molecule has 0 fully saturated rings. The van der Waals surface area contributed by atoms with E-state index in [-0.39, 0.29) is 0 Å². The standard InChI is InChI=1S/C7H9N/c1-8-7-5-3-2-4-6-7/h2-6,8H,1H3/i/hD. The van der Waals surface area contributed by atoms with Crippen LogP contribution in [0.1, 0.15) is 0 Å². The summed E-state index contributed by atoms with van der Waals surface area (Å²) >= 11 is 0. The fraction of sp³-hybridized carbons (Fsp3) is 0.143. The summed E-state index contributed by atoms with van der Waals surface area (Å²) in [4.78, 5) is 0. The van der Waals surface area contributed by atoms with E-state index < -0.39 is 0 Å². The SMILES string of the molecule is [2H]N(C)c1ccccc1. The minimum Gasteiger partial charge on any atom is -0.388 e. The van der Waals surface area contributed by atoms with Gasteiger partial charge >= 0.3 is 0 Å². The molecule has 1 heteroatoms. The molecule has 1 N–H and O–H groups in total. The Balaban J connectivity index is 2.85. The van der Waals surface area contributed by atoms with E-state index in [0.29, 0.717) is 0 Å². The van der Waals surface area contributed by atoms with Crippen LogP contribution >= 0.6 is 0 Å². The Morgan fingerprint density at radius 1 is 1.38 bits per heavy atom. The van der Waals surface area contributed by atoms with Gasteiger partial charge in [-0.15, -0.1) is 0 Å². The highest BCUT2D eigenvalue weighted by molar-refractivity contribution is 5.41. The van der Waals surface area contributed by atoms with Gasteiger partial charge in [0.15, 0.2) is 1.41 Å². The Morgan fingerprint density at radius 3 is 2.38 bits per heavy atom. The lowest BCUT2D eigenvalue weighted by molar-refractivity contribution is 1.51. The van der Waals surface area contributed by atoms with Gasteiger partial charge < -0.3 is 5.31 Å². The third kappa shape index (κ3) is 0.997. The Hall–Kier alpha value is -0.980. The second-order valence-corrected chi connectivity index (χ2v) is 1.56. The molecule has 0 aliphatic heterocycles. The topological polar surface area (TPSA) is 12.0 Å². The Kier molecular flexibility index (Phi) is 1.17. The van der Waals surface area contributed by atoms with E-state index in [1.165, 1.54) is 5.31 Å². The van der Waals surface area contributed by atoms with Crippen LogP contribution < -0.4 is 5.31 Å². The van der Waals surface area contributed by atoms with Crippen molar-refractivity contribution in [3.8, 4) is 0 Å². The smallest absolute Gasteiger partial charge is 0.160 e. The van der Waals surface area contributed by atoms with Crippen LogP contribution in [0.3, 0.4) is 0 Å². The highest BCUT2D eigenvalue weighted by Crippen LogP contribution is 2.01. The molecule has 0 amide bonds. The zero-order valence-corrected chi connectivity index (χ0v) is 4.83. The summed E-state index contributed by atoms with van der Waals surface area (Å²) in [5, 5.41) is 1.33. The average Bonchev–Trinajstić information content (AvgIpc) is 1.90. The van der Waals surface area contributed by atoms with Gasteiger partial charge in [-0.3, -0.25) is 0 Å². The zero-order valence-electron chi connectivity index (χ0n) is 5.83. The number of rotatable bonds is 1. The van der Waals surface area contributed by atoms with Crippen molar-refractivity contribution in [2.75, 3.05) is 12.4 Å². The molecule has 0 aromatic heterocycles. The normalized spacial score (nSPS) is 10.4. The molecular formula is C7H9N. The van der Waals surface area contributed by atoms with Crippen LogP contribution in [0.2, 0.25) is 1.41 Å². The van der Waals surface area contributed by atoms with Gasteiger partial charge in [0, 0.05) is 12.7 Å². The quantitative estimate of drug-likeness (QED) is 0.577. The van der Waals surface area contributed by atoms with Crippen molar-refractivity contribution in [3.05, 3.63) is 30.3 Å². The maximum atomic E-state index is 7.15. The van der Waals surface area contributed by atoms with Crippen molar-refractivity contribution >= 4 is 5.69 Å². The molecule has 1 rings (SSSR count). The van der Waals surface area contributed by atoms with Crippen LogP contribution in [-0.4, -0.2) is 7.05 Å². The number of para-hydroxylation sites is 1. The van der Waals surface area contributed by atoms with Crippen LogP contribution in [0, 0.1) is 0 Å². The summed E-state index contributed by atoms with van der Waals surface area (Å²) in [6, 6.07) is 9.56. The molecule has 0 aliphatic carbocycles. The van der Waals surface area contributed by atoms with Gasteiger partial charge in [-0.2, -0.15) is 0 Å². The van der Waals surface area contributed by atoms with Crippen molar-refractivity contribution < 1.29 is 1.41 Å². The predicted molar refractivity (Wildman–Crippen MR) is 36.0 cm³/mol. The first-order valence-corrected chi connectivity index (χ1v) is 2.58. The van der Waals surface area contributed by atoms with Gasteiger partial charge in [-0.1, -0.05) is 18.2 Å². The number of benzene rings is 1. The largest absolute Gasteiger partial charge is 0.388 e. The molecule has 0 atom stereocenters. The Morgan fingerprint density at radius 2 is 2.00 bits per heavy atom. The van der Waals surface area contributed by atoms with E-state index >= 15 is 0 Å². The van der Waals surface area contributed by atoms with Crippen LogP contribution in [0.5, 0.6) is 0 Å². The summed E-state index contributed by atoms with van der Waals surface area (Å²) in [5.41, 5.74) is 0.914. The van der Waals surface area contributed by atoms with E-state index in [0.717, 1.165) is 5.69 Å². The van der Waals surface area contributed by atoms with Gasteiger partial charge in [-0.25, -0.2) is 0 Å². The molecule has 1 aromatic carbocycles. The third-order valence-electron chi connectivity index (χ3n) is 1.01. The molecule has 42 valence electrons. The molecule has 0 spiro atoms. The molecule has 0 saturated heterocycles. The minimum absolute atomic E-state index is 0.914. The first-order chi connectivity index (χ1) is 4.30. The summed E-state index contributed by atoms with van der Waals surface area (Å²) in [5.74, 6) is 0. The van der Waals surface area contributed by atoms with Crippen molar-refractivity contribution in [3.63, 3.8) is 0 Å². The van der Waals surface area contributed by atoms with Gasteiger partial charge in [0.1, 0.15) is 0 Å². The van der Waals surface area contributed by atoms with Gasteiger partial charge in [0.05, 0.1) is 0 Å². The summed E-state index contributed by atoms with van der Waals surface area (Å²) < 4.78 is 7.15. The van der Waals surface area contributed by atoms with Gasteiger partial charge in [0.2, 0.25) is 0 Å². The molecule has 0 radical (unpaired) electrons. The fourth-order valence-electron chi connectivity index (χ4n) is 0.577. The number of hydrogen-bond donors (Lipinski definition) is 1. The number of nitrogens with one attached hydrogen (secondary N) is 1. The molecular weight excluding hydrogens is 98.1 g/mol. The number of anilines is 1. The van der Waals surface area contributed by atoms with Crippen LogP contribution in [0.25, 0.3) is 0 Å². The van der Waals surface area contributed by atoms with E-state index in [1.807, 2.05) is 30.3 Å². The van der Waals surface area contributed by atoms with Crippen LogP contribution in [0.15, 0.2) is 30.3 Å². The van der Waals surface area contributed by atoms with E-state index in [2.05, 4.69) is 0 Å². The monoisotopic (exact) mass is 108 g/mol. The molecule has 1 aromatic rings. The molecule has 0 heterocycles. The lowest BCUT2D eigenvalue weighted by Gasteiger charge is -1.94. The van der Waals surface area contributed by atoms with Crippen LogP contribution in [0.4, 0.5) is 5.69 Å². The van der Waals surface area contributed by atoms with E-state index in [1.54, 1.807) is 7.05 Å². The van der Waals surface area contributed by atoms with Gasteiger partial charge in [-0.05, 0) is 12.1 Å². The molecule has 1 nitrogen and oxygen atoms in total.